The highest BCUT2D eigenvalue weighted by Crippen LogP contribution is 2.28. The van der Waals surface area contributed by atoms with Crippen molar-refractivity contribution in [3.63, 3.8) is 0 Å². The molecule has 7 heteroatoms. The summed E-state index contributed by atoms with van der Waals surface area (Å²) in [6.45, 7) is 0. The summed E-state index contributed by atoms with van der Waals surface area (Å²) in [5, 5.41) is 9.92. The summed E-state index contributed by atoms with van der Waals surface area (Å²) in [5.41, 5.74) is 0.912. The van der Waals surface area contributed by atoms with E-state index in [1.54, 1.807) is 19.2 Å². The van der Waals surface area contributed by atoms with E-state index in [2.05, 4.69) is 10.2 Å². The van der Waals surface area contributed by atoms with Crippen molar-refractivity contribution >= 4 is 45.6 Å². The van der Waals surface area contributed by atoms with Crippen LogP contribution in [0.2, 0.25) is 5.02 Å². The van der Waals surface area contributed by atoms with Gasteiger partial charge in [0.15, 0.2) is 0 Å². The molecule has 1 aromatic heterocycles. The van der Waals surface area contributed by atoms with Crippen LogP contribution in [0.5, 0.6) is 0 Å². The van der Waals surface area contributed by atoms with E-state index < -0.39 is 0 Å². The van der Waals surface area contributed by atoms with Gasteiger partial charge in [-0.05, 0) is 12.1 Å². The minimum absolute atomic E-state index is 0.0770. The van der Waals surface area contributed by atoms with Gasteiger partial charge in [0.1, 0.15) is 10.9 Å². The third kappa shape index (κ3) is 2.80. The van der Waals surface area contributed by atoms with Crippen molar-refractivity contribution in [2.75, 3.05) is 17.8 Å². The average molecular weight is 302 g/mol. The van der Waals surface area contributed by atoms with Crippen LogP contribution in [0.25, 0.3) is 10.6 Å². The summed E-state index contributed by atoms with van der Waals surface area (Å²) in [6.07, 6.45) is 0. The maximum Gasteiger partial charge on any atom is 0.243 e. The Morgan fingerprint density at radius 1 is 1.33 bits per heavy atom. The number of benzene rings is 1. The van der Waals surface area contributed by atoms with Crippen LogP contribution in [0.3, 0.4) is 0 Å². The summed E-state index contributed by atoms with van der Waals surface area (Å²) in [4.78, 5) is 12.8. The van der Waals surface area contributed by atoms with E-state index in [-0.39, 0.29) is 11.8 Å². The molecule has 0 bridgehead atoms. The van der Waals surface area contributed by atoms with Gasteiger partial charge in [0.05, 0.1) is 0 Å². The van der Waals surface area contributed by atoms with Gasteiger partial charge in [-0.3, -0.25) is 9.69 Å². The molecule has 0 aliphatic carbocycles. The fourth-order valence-corrected chi connectivity index (χ4v) is 2.39. The van der Waals surface area contributed by atoms with Crippen LogP contribution in [0.4, 0.5) is 5.13 Å². The second kappa shape index (κ2) is 5.65. The highest BCUT2D eigenvalue weighted by molar-refractivity contribution is 7.18. The molecule has 94 valence electrons. The monoisotopic (exact) mass is 301 g/mol. The predicted octanol–water partition coefficient (Wildman–Crippen LogP) is 3.06. The highest BCUT2D eigenvalue weighted by atomic mass is 35.5. The van der Waals surface area contributed by atoms with Crippen molar-refractivity contribution in [1.82, 2.24) is 10.2 Å². The lowest BCUT2D eigenvalue weighted by Crippen LogP contribution is -2.26. The number of anilines is 1. The molecule has 0 saturated carbocycles. The Bertz CT molecular complexity index is 556. The first-order chi connectivity index (χ1) is 8.61. The van der Waals surface area contributed by atoms with Crippen molar-refractivity contribution in [3.05, 3.63) is 29.3 Å². The van der Waals surface area contributed by atoms with E-state index in [0.717, 1.165) is 10.6 Å². The van der Waals surface area contributed by atoms with Crippen molar-refractivity contribution in [2.45, 2.75) is 0 Å². The molecule has 1 amide bonds. The maximum absolute atomic E-state index is 11.4. The van der Waals surface area contributed by atoms with E-state index in [1.165, 1.54) is 16.2 Å². The van der Waals surface area contributed by atoms with E-state index in [0.29, 0.717) is 10.2 Å². The molecule has 0 aliphatic rings. The van der Waals surface area contributed by atoms with Crippen LogP contribution in [0.15, 0.2) is 24.3 Å². The number of halogens is 2. The smallest absolute Gasteiger partial charge is 0.243 e. The number of hydrogen-bond donors (Lipinski definition) is 0. The van der Waals surface area contributed by atoms with Gasteiger partial charge in [-0.25, -0.2) is 0 Å². The molecular formula is C11H9Cl2N3OS. The first-order valence-corrected chi connectivity index (χ1v) is 6.76. The normalized spacial score (nSPS) is 10.4. The summed E-state index contributed by atoms with van der Waals surface area (Å²) in [5.74, 6) is -0.290. The number of hydrogen-bond acceptors (Lipinski definition) is 4. The number of aromatic nitrogens is 2. The minimum Gasteiger partial charge on any atom is -0.289 e. The number of nitrogens with zero attached hydrogens (tertiary/aromatic N) is 3. The Labute approximate surface area is 118 Å². The molecule has 0 fully saturated rings. The van der Waals surface area contributed by atoms with Gasteiger partial charge < -0.3 is 0 Å². The fraction of sp³-hybridized carbons (Fsp3) is 0.182. The molecule has 0 saturated heterocycles. The lowest BCUT2D eigenvalue weighted by Gasteiger charge is -2.09. The lowest BCUT2D eigenvalue weighted by molar-refractivity contribution is -0.116. The molecule has 0 unspecified atom stereocenters. The Hall–Kier alpha value is -1.17. The molecule has 0 atom stereocenters. The van der Waals surface area contributed by atoms with E-state index in [9.17, 15) is 4.79 Å². The maximum atomic E-state index is 11.4. The summed E-state index contributed by atoms with van der Waals surface area (Å²) >= 11 is 12.6. The molecule has 0 radical (unpaired) electrons. The molecule has 0 aliphatic heterocycles. The van der Waals surface area contributed by atoms with Crippen LogP contribution in [-0.2, 0) is 4.79 Å². The number of alkyl halides is 1. The van der Waals surface area contributed by atoms with Crippen LogP contribution in [-0.4, -0.2) is 29.0 Å². The molecule has 18 heavy (non-hydrogen) atoms. The number of carbonyl (C=O) groups excluding carboxylic acids is 1. The number of carbonyl (C=O) groups is 1. The van der Waals surface area contributed by atoms with Gasteiger partial charge in [0.25, 0.3) is 0 Å². The van der Waals surface area contributed by atoms with Crippen LogP contribution >= 0.6 is 34.5 Å². The standard InChI is InChI=1S/C11H9Cl2N3OS/c1-16(9(17)6-12)11-15-14-10(18-11)7-2-4-8(13)5-3-7/h2-5H,6H2,1H3. The van der Waals surface area contributed by atoms with Crippen molar-refractivity contribution in [3.8, 4) is 10.6 Å². The van der Waals surface area contributed by atoms with Crippen molar-refractivity contribution < 1.29 is 4.79 Å². The molecule has 4 nitrogen and oxygen atoms in total. The van der Waals surface area contributed by atoms with Gasteiger partial charge in [0.2, 0.25) is 11.0 Å². The molecule has 2 rings (SSSR count). The quantitative estimate of drug-likeness (QED) is 0.819. The fourth-order valence-electron chi connectivity index (χ4n) is 1.26. The first-order valence-electron chi connectivity index (χ1n) is 5.04. The van der Waals surface area contributed by atoms with E-state index in [4.69, 9.17) is 23.2 Å². The molecule has 0 spiro atoms. The average Bonchev–Trinajstić information content (AvgIpc) is 2.87. The van der Waals surface area contributed by atoms with Gasteiger partial charge in [-0.15, -0.1) is 21.8 Å². The van der Waals surface area contributed by atoms with Crippen LogP contribution in [0, 0.1) is 0 Å². The molecular weight excluding hydrogens is 293 g/mol. The molecule has 1 aromatic carbocycles. The predicted molar refractivity (Wildman–Crippen MR) is 74.5 cm³/mol. The Balaban J connectivity index is 2.25. The van der Waals surface area contributed by atoms with E-state index >= 15 is 0 Å². The second-order valence-corrected chi connectivity index (χ2v) is 5.14. The summed E-state index contributed by atoms with van der Waals surface area (Å²) < 4.78 is 0. The van der Waals surface area contributed by atoms with Crippen LogP contribution < -0.4 is 4.90 Å². The highest BCUT2D eigenvalue weighted by Gasteiger charge is 2.15. The molecule has 1 heterocycles. The SMILES string of the molecule is CN(C(=O)CCl)c1nnc(-c2ccc(Cl)cc2)s1. The number of amides is 1. The Kier molecular flexibility index (Phi) is 4.16. The lowest BCUT2D eigenvalue weighted by atomic mass is 10.2. The van der Waals surface area contributed by atoms with Gasteiger partial charge in [0, 0.05) is 17.6 Å². The zero-order valence-electron chi connectivity index (χ0n) is 9.43. The summed E-state index contributed by atoms with van der Waals surface area (Å²) in [6, 6.07) is 7.28. The van der Waals surface area contributed by atoms with Gasteiger partial charge in [-0.2, -0.15) is 0 Å². The third-order valence-corrected chi connectivity index (χ3v) is 3.81. The molecule has 2 aromatic rings. The topological polar surface area (TPSA) is 46.1 Å². The van der Waals surface area contributed by atoms with E-state index in [1.807, 2.05) is 12.1 Å². The number of rotatable bonds is 3. The minimum atomic E-state index is -0.213. The Morgan fingerprint density at radius 3 is 2.61 bits per heavy atom. The molecule has 0 N–H and O–H groups in total. The zero-order chi connectivity index (χ0) is 13.1. The summed E-state index contributed by atoms with van der Waals surface area (Å²) in [7, 11) is 1.62. The second-order valence-electron chi connectivity index (χ2n) is 3.48. The largest absolute Gasteiger partial charge is 0.289 e. The third-order valence-electron chi connectivity index (χ3n) is 2.28. The van der Waals surface area contributed by atoms with Gasteiger partial charge in [-0.1, -0.05) is 35.1 Å². The van der Waals surface area contributed by atoms with Crippen molar-refractivity contribution in [2.24, 2.45) is 0 Å². The van der Waals surface area contributed by atoms with Crippen LogP contribution in [0.1, 0.15) is 0 Å². The van der Waals surface area contributed by atoms with Crippen molar-refractivity contribution in [1.29, 1.82) is 0 Å². The Morgan fingerprint density at radius 2 is 2.00 bits per heavy atom. The zero-order valence-corrected chi connectivity index (χ0v) is 11.8. The van der Waals surface area contributed by atoms with Gasteiger partial charge >= 0.3 is 0 Å². The first kappa shape index (κ1) is 13.3.